The van der Waals surface area contributed by atoms with E-state index >= 15 is 0 Å². The quantitative estimate of drug-likeness (QED) is 0.440. The Morgan fingerprint density at radius 1 is 1.32 bits per heavy atom. The van der Waals surface area contributed by atoms with E-state index in [0.29, 0.717) is 40.2 Å². The number of carbonyl (C=O) groups excluding carboxylic acids is 1. The van der Waals surface area contributed by atoms with E-state index in [0.717, 1.165) is 5.56 Å². The van der Waals surface area contributed by atoms with Crippen LogP contribution >= 0.6 is 11.3 Å². The van der Waals surface area contributed by atoms with Gasteiger partial charge < -0.3 is 14.2 Å². The fraction of sp³-hybridized carbons (Fsp3) is 0.353. The van der Waals surface area contributed by atoms with Crippen LogP contribution in [0, 0.1) is 0 Å². The Bertz CT molecular complexity index is 758. The second kappa shape index (κ2) is 9.03. The molecule has 0 aliphatic heterocycles. The van der Waals surface area contributed by atoms with Crippen LogP contribution in [0.15, 0.2) is 23.3 Å². The van der Waals surface area contributed by atoms with Gasteiger partial charge in [-0.15, -0.1) is 0 Å². The van der Waals surface area contributed by atoms with Gasteiger partial charge in [0.2, 0.25) is 5.13 Å². The zero-order valence-electron chi connectivity index (χ0n) is 14.7. The molecule has 25 heavy (non-hydrogen) atoms. The highest BCUT2D eigenvalue weighted by Gasteiger charge is 2.17. The monoisotopic (exact) mass is 363 g/mol. The number of aryl methyl sites for hydroxylation is 1. The molecule has 8 heteroatoms. The van der Waals surface area contributed by atoms with Crippen LogP contribution in [-0.2, 0) is 11.2 Å². The average Bonchev–Trinajstić information content (AvgIpc) is 3.05. The number of anilines is 1. The first kappa shape index (κ1) is 18.7. The van der Waals surface area contributed by atoms with Gasteiger partial charge in [0.05, 0.1) is 32.7 Å². The molecular weight excluding hydrogens is 342 g/mol. The summed E-state index contributed by atoms with van der Waals surface area (Å²) in [6.07, 6.45) is 2.29. The second-order valence-corrected chi connectivity index (χ2v) is 5.85. The third-order valence-electron chi connectivity index (χ3n) is 3.26. The first-order valence-electron chi connectivity index (χ1n) is 7.80. The van der Waals surface area contributed by atoms with Crippen LogP contribution in [0.3, 0.4) is 0 Å². The van der Waals surface area contributed by atoms with Gasteiger partial charge in [0.15, 0.2) is 11.5 Å². The third-order valence-corrected chi connectivity index (χ3v) is 4.25. The van der Waals surface area contributed by atoms with E-state index in [1.165, 1.54) is 18.4 Å². The van der Waals surface area contributed by atoms with Gasteiger partial charge in [0, 0.05) is 0 Å². The van der Waals surface area contributed by atoms with Crippen molar-refractivity contribution in [2.75, 3.05) is 26.3 Å². The molecule has 0 unspecified atom stereocenters. The Balaban J connectivity index is 2.12. The molecule has 2 rings (SSSR count). The molecule has 1 aromatic carbocycles. The summed E-state index contributed by atoms with van der Waals surface area (Å²) in [6.45, 7) is 4.39. The fourth-order valence-electron chi connectivity index (χ4n) is 2.10. The van der Waals surface area contributed by atoms with Crippen molar-refractivity contribution < 1.29 is 19.0 Å². The SMILES string of the molecule is CCOc1cc(/C=N\Nc2nc(CC)c(C(=O)OC)s2)ccc1OC. The van der Waals surface area contributed by atoms with Gasteiger partial charge in [-0.25, -0.2) is 9.78 Å². The van der Waals surface area contributed by atoms with E-state index < -0.39 is 0 Å². The lowest BCUT2D eigenvalue weighted by molar-refractivity contribution is 0.0605. The largest absolute Gasteiger partial charge is 0.493 e. The van der Waals surface area contributed by atoms with E-state index in [4.69, 9.17) is 14.2 Å². The van der Waals surface area contributed by atoms with Gasteiger partial charge in [-0.2, -0.15) is 5.10 Å². The minimum absolute atomic E-state index is 0.386. The van der Waals surface area contributed by atoms with Crippen molar-refractivity contribution in [3.05, 3.63) is 34.3 Å². The van der Waals surface area contributed by atoms with Crippen molar-refractivity contribution in [3.63, 3.8) is 0 Å². The van der Waals surface area contributed by atoms with Gasteiger partial charge >= 0.3 is 5.97 Å². The normalized spacial score (nSPS) is 10.7. The Morgan fingerprint density at radius 3 is 2.76 bits per heavy atom. The average molecular weight is 363 g/mol. The van der Waals surface area contributed by atoms with E-state index in [2.05, 4.69) is 15.5 Å². The van der Waals surface area contributed by atoms with Gasteiger partial charge in [-0.1, -0.05) is 18.3 Å². The van der Waals surface area contributed by atoms with Crippen LogP contribution in [0.1, 0.15) is 34.8 Å². The van der Waals surface area contributed by atoms with Gasteiger partial charge in [-0.05, 0) is 37.1 Å². The molecule has 0 aliphatic carbocycles. The standard InChI is InChI=1S/C17H21N3O4S/c1-5-12-15(16(21)23-4)25-17(19-12)20-18-10-11-7-8-13(22-3)14(9-11)24-6-2/h7-10H,5-6H2,1-4H3,(H,19,20)/b18-10-. The maximum Gasteiger partial charge on any atom is 0.350 e. The molecule has 1 aromatic heterocycles. The van der Waals surface area contributed by atoms with Crippen LogP contribution in [0.4, 0.5) is 5.13 Å². The number of methoxy groups -OCH3 is 2. The minimum Gasteiger partial charge on any atom is -0.493 e. The molecule has 0 atom stereocenters. The molecule has 134 valence electrons. The number of esters is 1. The van der Waals surface area contributed by atoms with Crippen LogP contribution in [0.2, 0.25) is 0 Å². The van der Waals surface area contributed by atoms with Crippen molar-refractivity contribution in [1.82, 2.24) is 4.98 Å². The van der Waals surface area contributed by atoms with Gasteiger partial charge in [0.1, 0.15) is 4.88 Å². The van der Waals surface area contributed by atoms with Crippen molar-refractivity contribution in [2.24, 2.45) is 5.10 Å². The Hall–Kier alpha value is -2.61. The van der Waals surface area contributed by atoms with E-state index in [1.54, 1.807) is 13.3 Å². The summed E-state index contributed by atoms with van der Waals surface area (Å²) in [6, 6.07) is 5.53. The molecule has 0 saturated carbocycles. The smallest absolute Gasteiger partial charge is 0.350 e. The van der Waals surface area contributed by atoms with Crippen molar-refractivity contribution in [1.29, 1.82) is 0 Å². The highest BCUT2D eigenvalue weighted by atomic mass is 32.1. The number of carbonyl (C=O) groups is 1. The summed E-state index contributed by atoms with van der Waals surface area (Å²) >= 11 is 1.21. The number of nitrogens with zero attached hydrogens (tertiary/aromatic N) is 2. The molecule has 2 aromatic rings. The number of ether oxygens (including phenoxy) is 3. The zero-order chi connectivity index (χ0) is 18.2. The first-order valence-corrected chi connectivity index (χ1v) is 8.62. The van der Waals surface area contributed by atoms with E-state index in [-0.39, 0.29) is 5.97 Å². The summed E-state index contributed by atoms with van der Waals surface area (Å²) in [5.74, 6) is 0.939. The molecule has 7 nitrogen and oxygen atoms in total. The number of hydrogen-bond acceptors (Lipinski definition) is 8. The summed E-state index contributed by atoms with van der Waals surface area (Å²) < 4.78 is 15.6. The van der Waals surface area contributed by atoms with Crippen molar-refractivity contribution in [2.45, 2.75) is 20.3 Å². The lowest BCUT2D eigenvalue weighted by atomic mass is 10.2. The summed E-state index contributed by atoms with van der Waals surface area (Å²) in [5.41, 5.74) is 4.38. The maximum absolute atomic E-state index is 11.7. The van der Waals surface area contributed by atoms with E-state index in [1.807, 2.05) is 32.0 Å². The number of benzene rings is 1. The Kier molecular flexibility index (Phi) is 6.76. The molecule has 0 fully saturated rings. The summed E-state index contributed by atoms with van der Waals surface area (Å²) in [5, 5.41) is 4.70. The third kappa shape index (κ3) is 4.69. The number of aromatic nitrogens is 1. The maximum atomic E-state index is 11.7. The summed E-state index contributed by atoms with van der Waals surface area (Å²) in [4.78, 5) is 16.6. The Morgan fingerprint density at radius 2 is 2.12 bits per heavy atom. The predicted molar refractivity (Wildman–Crippen MR) is 98.2 cm³/mol. The number of nitrogens with one attached hydrogen (secondary N) is 1. The molecule has 0 radical (unpaired) electrons. The lowest BCUT2D eigenvalue weighted by Gasteiger charge is -2.09. The van der Waals surface area contributed by atoms with Crippen molar-refractivity contribution in [3.8, 4) is 11.5 Å². The first-order chi connectivity index (χ1) is 12.1. The predicted octanol–water partition coefficient (Wildman–Crippen LogP) is 3.35. The minimum atomic E-state index is -0.386. The van der Waals surface area contributed by atoms with Crippen LogP contribution < -0.4 is 14.9 Å². The summed E-state index contributed by atoms with van der Waals surface area (Å²) in [7, 11) is 2.95. The van der Waals surface area contributed by atoms with Crippen LogP contribution in [0.25, 0.3) is 0 Å². The molecule has 0 aliphatic rings. The Labute approximate surface area is 150 Å². The number of rotatable bonds is 8. The van der Waals surface area contributed by atoms with Gasteiger partial charge in [0.25, 0.3) is 0 Å². The molecule has 0 amide bonds. The molecule has 1 heterocycles. The molecule has 0 spiro atoms. The number of hydrogen-bond donors (Lipinski definition) is 1. The van der Waals surface area contributed by atoms with Crippen LogP contribution in [-0.4, -0.2) is 38.0 Å². The van der Waals surface area contributed by atoms with Crippen LogP contribution in [0.5, 0.6) is 11.5 Å². The molecule has 1 N–H and O–H groups in total. The second-order valence-electron chi connectivity index (χ2n) is 4.85. The molecule has 0 saturated heterocycles. The lowest BCUT2D eigenvalue weighted by Crippen LogP contribution is -2.01. The molecule has 0 bridgehead atoms. The highest BCUT2D eigenvalue weighted by Crippen LogP contribution is 2.28. The zero-order valence-corrected chi connectivity index (χ0v) is 15.5. The molecular formula is C17H21N3O4S. The topological polar surface area (TPSA) is 82.0 Å². The highest BCUT2D eigenvalue weighted by molar-refractivity contribution is 7.17. The fourth-order valence-corrected chi connectivity index (χ4v) is 3.02. The van der Waals surface area contributed by atoms with Crippen molar-refractivity contribution >= 4 is 28.7 Å². The number of hydrazone groups is 1. The number of thiazole rings is 1. The van der Waals surface area contributed by atoms with E-state index in [9.17, 15) is 4.79 Å². The van der Waals surface area contributed by atoms with Gasteiger partial charge in [-0.3, -0.25) is 5.43 Å².